The number of aryl methyl sites for hydroxylation is 1. The number of hydrogen-bond acceptors (Lipinski definition) is 3. The molecular weight excluding hydrogens is 362 g/mol. The topological polar surface area (TPSA) is 68.8 Å². The normalized spacial score (nSPS) is 16.6. The predicted molar refractivity (Wildman–Crippen MR) is 120 cm³/mol. The van der Waals surface area contributed by atoms with Gasteiger partial charge >= 0.3 is 0 Å². The summed E-state index contributed by atoms with van der Waals surface area (Å²) < 4.78 is 0. The highest BCUT2D eigenvalue weighted by Gasteiger charge is 2.23. The summed E-state index contributed by atoms with van der Waals surface area (Å²) in [6.45, 7) is 7.32. The second-order valence-corrected chi connectivity index (χ2v) is 7.39. The number of aliphatic imine (C=N–C) groups is 1. The molecule has 0 spiro atoms. The predicted octanol–water partition coefficient (Wildman–Crippen LogP) is 2.69. The molecule has 1 fully saturated rings. The Kier molecular flexibility index (Phi) is 7.11. The van der Waals surface area contributed by atoms with E-state index in [9.17, 15) is 4.79 Å². The quantitative estimate of drug-likeness (QED) is 0.521. The Morgan fingerprint density at radius 2 is 1.83 bits per heavy atom. The van der Waals surface area contributed by atoms with Gasteiger partial charge in [-0.2, -0.15) is 0 Å². The van der Waals surface area contributed by atoms with Gasteiger partial charge in [0.25, 0.3) is 5.91 Å². The number of nitrogens with one attached hydrogen (secondary N) is 3. The molecule has 0 bridgehead atoms. The summed E-state index contributed by atoms with van der Waals surface area (Å²) in [5.41, 5.74) is 4.34. The van der Waals surface area contributed by atoms with Crippen molar-refractivity contribution in [3.63, 3.8) is 0 Å². The molecule has 6 nitrogen and oxygen atoms in total. The number of hydrogen-bond donors (Lipinski definition) is 3. The highest BCUT2D eigenvalue weighted by molar-refractivity contribution is 5.94. The molecule has 0 aliphatic carbocycles. The van der Waals surface area contributed by atoms with Crippen molar-refractivity contribution in [3.05, 3.63) is 65.2 Å². The van der Waals surface area contributed by atoms with Crippen molar-refractivity contribution in [1.82, 2.24) is 16.0 Å². The molecule has 1 atom stereocenters. The van der Waals surface area contributed by atoms with Crippen LogP contribution in [0.5, 0.6) is 0 Å². The van der Waals surface area contributed by atoms with Crippen molar-refractivity contribution in [1.29, 1.82) is 0 Å². The lowest BCUT2D eigenvalue weighted by Crippen LogP contribution is -2.44. The summed E-state index contributed by atoms with van der Waals surface area (Å²) in [7, 11) is 1.79. The van der Waals surface area contributed by atoms with Crippen LogP contribution in [0.2, 0.25) is 0 Å². The second kappa shape index (κ2) is 9.96. The molecule has 0 saturated carbocycles. The van der Waals surface area contributed by atoms with Gasteiger partial charge in [0.15, 0.2) is 5.96 Å². The van der Waals surface area contributed by atoms with E-state index in [4.69, 9.17) is 0 Å². The third-order valence-electron chi connectivity index (χ3n) is 5.17. The van der Waals surface area contributed by atoms with E-state index in [0.717, 1.165) is 31.0 Å². The van der Waals surface area contributed by atoms with Crippen molar-refractivity contribution in [2.24, 2.45) is 4.99 Å². The number of carbonyl (C=O) groups excluding carboxylic acids is 1. The van der Waals surface area contributed by atoms with Crippen molar-refractivity contribution in [2.75, 3.05) is 31.6 Å². The summed E-state index contributed by atoms with van der Waals surface area (Å²) in [6.07, 6.45) is 1.08. The molecule has 3 N–H and O–H groups in total. The Bertz CT molecular complexity index is 829. The first-order chi connectivity index (χ1) is 14.1. The van der Waals surface area contributed by atoms with Crippen LogP contribution in [0.1, 0.15) is 34.8 Å². The molecule has 0 aromatic heterocycles. The molecule has 1 aliphatic heterocycles. The van der Waals surface area contributed by atoms with E-state index in [1.165, 1.54) is 11.3 Å². The van der Waals surface area contributed by atoms with E-state index < -0.39 is 0 Å². The highest BCUT2D eigenvalue weighted by atomic mass is 16.1. The maximum Gasteiger partial charge on any atom is 0.251 e. The first-order valence-corrected chi connectivity index (χ1v) is 10.2. The fourth-order valence-electron chi connectivity index (χ4n) is 3.48. The molecule has 3 rings (SSSR count). The van der Waals surface area contributed by atoms with Gasteiger partial charge in [-0.15, -0.1) is 0 Å². The van der Waals surface area contributed by atoms with E-state index >= 15 is 0 Å². The molecule has 0 radical (unpaired) electrons. The van der Waals surface area contributed by atoms with Crippen LogP contribution in [0.15, 0.2) is 53.5 Å². The Hall–Kier alpha value is -3.02. The van der Waals surface area contributed by atoms with E-state index in [1.807, 2.05) is 31.2 Å². The molecule has 1 aliphatic rings. The lowest BCUT2D eigenvalue weighted by atomic mass is 10.1. The van der Waals surface area contributed by atoms with E-state index in [2.05, 4.69) is 57.0 Å². The SMILES string of the molecule is CCNC(=O)c1ccc(CNC(=NC)NC2CCN(c3ccc(C)cc3)C2)cc1. The van der Waals surface area contributed by atoms with Crippen LogP contribution >= 0.6 is 0 Å². The van der Waals surface area contributed by atoms with Gasteiger partial charge in [-0.1, -0.05) is 29.8 Å². The fraction of sp³-hybridized carbons (Fsp3) is 0.391. The molecule has 1 unspecified atom stereocenters. The van der Waals surface area contributed by atoms with E-state index in [-0.39, 0.29) is 5.91 Å². The Morgan fingerprint density at radius 3 is 2.48 bits per heavy atom. The number of amides is 1. The van der Waals surface area contributed by atoms with Crippen LogP contribution < -0.4 is 20.9 Å². The van der Waals surface area contributed by atoms with Crippen LogP contribution in [0, 0.1) is 6.92 Å². The van der Waals surface area contributed by atoms with Crippen LogP contribution in [0.4, 0.5) is 5.69 Å². The van der Waals surface area contributed by atoms with Crippen LogP contribution in [0.3, 0.4) is 0 Å². The smallest absolute Gasteiger partial charge is 0.251 e. The molecular formula is C23H31N5O. The third-order valence-corrected chi connectivity index (χ3v) is 5.17. The number of rotatable bonds is 6. The Labute approximate surface area is 173 Å². The van der Waals surface area contributed by atoms with Crippen molar-refractivity contribution in [2.45, 2.75) is 32.9 Å². The van der Waals surface area contributed by atoms with Gasteiger partial charge in [0, 0.05) is 50.5 Å². The maximum absolute atomic E-state index is 11.8. The molecule has 2 aromatic rings. The van der Waals surface area contributed by atoms with Gasteiger partial charge in [-0.25, -0.2) is 0 Å². The number of benzene rings is 2. The standard InChI is InChI=1S/C23H31N5O/c1-4-25-22(29)19-9-7-18(8-10-19)15-26-23(24-3)27-20-13-14-28(16-20)21-11-5-17(2)6-12-21/h5-12,20H,4,13-16H2,1-3H3,(H,25,29)(H2,24,26,27). The van der Waals surface area contributed by atoms with Gasteiger partial charge in [-0.3, -0.25) is 9.79 Å². The zero-order valence-corrected chi connectivity index (χ0v) is 17.5. The Balaban J connectivity index is 1.48. The molecule has 154 valence electrons. The number of guanidine groups is 1. The summed E-state index contributed by atoms with van der Waals surface area (Å²) >= 11 is 0. The number of nitrogens with zero attached hydrogens (tertiary/aromatic N) is 2. The van der Waals surface area contributed by atoms with Gasteiger partial charge in [-0.05, 0) is 50.1 Å². The molecule has 6 heteroatoms. The maximum atomic E-state index is 11.8. The first-order valence-electron chi connectivity index (χ1n) is 10.2. The average Bonchev–Trinajstić information content (AvgIpc) is 3.20. The molecule has 2 aromatic carbocycles. The first kappa shape index (κ1) is 20.7. The largest absolute Gasteiger partial charge is 0.369 e. The fourth-order valence-corrected chi connectivity index (χ4v) is 3.48. The second-order valence-electron chi connectivity index (χ2n) is 7.39. The zero-order valence-electron chi connectivity index (χ0n) is 17.5. The van der Waals surface area contributed by atoms with Crippen molar-refractivity contribution < 1.29 is 4.79 Å². The third kappa shape index (κ3) is 5.73. The summed E-state index contributed by atoms with van der Waals surface area (Å²) in [5, 5.41) is 9.71. The van der Waals surface area contributed by atoms with E-state index in [1.54, 1.807) is 7.05 Å². The molecule has 1 amide bonds. The Morgan fingerprint density at radius 1 is 1.10 bits per heavy atom. The highest BCUT2D eigenvalue weighted by Crippen LogP contribution is 2.20. The molecule has 29 heavy (non-hydrogen) atoms. The van der Waals surface area contributed by atoms with E-state index in [0.29, 0.717) is 24.7 Å². The van der Waals surface area contributed by atoms with Gasteiger partial charge in [0.2, 0.25) is 0 Å². The minimum atomic E-state index is -0.0381. The van der Waals surface area contributed by atoms with Crippen molar-refractivity contribution >= 4 is 17.6 Å². The average molecular weight is 394 g/mol. The summed E-state index contributed by atoms with van der Waals surface area (Å²) in [5.74, 6) is 0.761. The van der Waals surface area contributed by atoms with Gasteiger partial charge in [0.1, 0.15) is 0 Å². The van der Waals surface area contributed by atoms with Crippen molar-refractivity contribution in [3.8, 4) is 0 Å². The van der Waals surface area contributed by atoms with Gasteiger partial charge in [0.05, 0.1) is 0 Å². The van der Waals surface area contributed by atoms with Crippen LogP contribution in [-0.2, 0) is 6.54 Å². The number of anilines is 1. The lowest BCUT2D eigenvalue weighted by Gasteiger charge is -2.20. The van der Waals surface area contributed by atoms with Crippen LogP contribution in [0.25, 0.3) is 0 Å². The number of carbonyl (C=O) groups is 1. The minimum Gasteiger partial charge on any atom is -0.369 e. The summed E-state index contributed by atoms with van der Waals surface area (Å²) in [4.78, 5) is 18.6. The zero-order chi connectivity index (χ0) is 20.6. The molecule has 1 heterocycles. The lowest BCUT2D eigenvalue weighted by molar-refractivity contribution is 0.0956. The minimum absolute atomic E-state index is 0.0381. The molecule has 1 saturated heterocycles. The van der Waals surface area contributed by atoms with Gasteiger partial charge < -0.3 is 20.9 Å². The monoisotopic (exact) mass is 393 g/mol. The summed E-state index contributed by atoms with van der Waals surface area (Å²) in [6, 6.07) is 16.7. The van der Waals surface area contributed by atoms with Crippen LogP contribution in [-0.4, -0.2) is 44.6 Å².